The quantitative estimate of drug-likeness (QED) is 0.847. The molecule has 0 atom stereocenters. The van der Waals surface area contributed by atoms with Crippen LogP contribution in [0.5, 0.6) is 0 Å². The fourth-order valence-electron chi connectivity index (χ4n) is 2.24. The van der Waals surface area contributed by atoms with Crippen molar-refractivity contribution < 1.29 is 9.18 Å². The highest BCUT2D eigenvalue weighted by Crippen LogP contribution is 2.16. The van der Waals surface area contributed by atoms with E-state index in [2.05, 4.69) is 15.3 Å². The van der Waals surface area contributed by atoms with Gasteiger partial charge in [-0.05, 0) is 37.1 Å². The maximum absolute atomic E-state index is 12.9. The molecule has 0 saturated carbocycles. The number of halogens is 1. The minimum absolute atomic E-state index is 0.0988. The highest BCUT2D eigenvalue weighted by Gasteiger charge is 2.16. The molecule has 1 heterocycles. The van der Waals surface area contributed by atoms with Gasteiger partial charge in [0.05, 0.1) is 0 Å². The summed E-state index contributed by atoms with van der Waals surface area (Å²) in [7, 11) is 0. The third-order valence-corrected chi connectivity index (χ3v) is 3.28. The zero-order valence-corrected chi connectivity index (χ0v) is 13.4. The molecule has 0 aliphatic heterocycles. The first-order valence-electron chi connectivity index (χ1n) is 7.78. The van der Waals surface area contributed by atoms with E-state index in [0.29, 0.717) is 30.3 Å². The molecule has 1 aromatic heterocycles. The molecule has 0 bridgehead atoms. The summed E-state index contributed by atoms with van der Waals surface area (Å²) < 4.78 is 12.9. The van der Waals surface area contributed by atoms with Crippen LogP contribution >= 0.6 is 0 Å². The van der Waals surface area contributed by atoms with E-state index in [4.69, 9.17) is 0 Å². The monoisotopic (exact) mass is 316 g/mol. The second kappa shape index (κ2) is 8.22. The molecule has 1 N–H and O–H groups in total. The van der Waals surface area contributed by atoms with Crippen LogP contribution in [-0.2, 0) is 0 Å². The molecule has 5 nitrogen and oxygen atoms in total. The normalized spacial score (nSPS) is 10.4. The van der Waals surface area contributed by atoms with E-state index < -0.39 is 0 Å². The van der Waals surface area contributed by atoms with Gasteiger partial charge in [-0.15, -0.1) is 0 Å². The first kappa shape index (κ1) is 16.9. The molecule has 1 amide bonds. The van der Waals surface area contributed by atoms with E-state index in [1.165, 1.54) is 18.5 Å². The van der Waals surface area contributed by atoms with Crippen molar-refractivity contribution >= 4 is 17.4 Å². The Morgan fingerprint density at radius 3 is 2.39 bits per heavy atom. The number of nitrogens with one attached hydrogen (secondary N) is 1. The fraction of sp³-hybridized carbons (Fsp3) is 0.353. The molecule has 0 fully saturated rings. The van der Waals surface area contributed by atoms with Gasteiger partial charge in [-0.1, -0.05) is 13.8 Å². The van der Waals surface area contributed by atoms with Gasteiger partial charge in [0.25, 0.3) is 5.91 Å². The van der Waals surface area contributed by atoms with Gasteiger partial charge in [0.2, 0.25) is 0 Å². The molecule has 0 spiro atoms. The third kappa shape index (κ3) is 4.74. The molecule has 2 aromatic rings. The topological polar surface area (TPSA) is 58.1 Å². The lowest BCUT2D eigenvalue weighted by atomic mass is 10.2. The summed E-state index contributed by atoms with van der Waals surface area (Å²) in [5.74, 6) is 0.102. The maximum Gasteiger partial charge on any atom is 0.272 e. The summed E-state index contributed by atoms with van der Waals surface area (Å²) in [5.41, 5.74) is 1.05. The van der Waals surface area contributed by atoms with Crippen LogP contribution in [0.3, 0.4) is 0 Å². The minimum atomic E-state index is -0.302. The van der Waals surface area contributed by atoms with E-state index >= 15 is 0 Å². The van der Waals surface area contributed by atoms with Crippen LogP contribution in [0.2, 0.25) is 0 Å². The van der Waals surface area contributed by atoms with E-state index in [1.807, 2.05) is 13.8 Å². The number of aromatic nitrogens is 2. The number of nitrogens with zero attached hydrogens (tertiary/aromatic N) is 3. The minimum Gasteiger partial charge on any atom is -0.340 e. The largest absolute Gasteiger partial charge is 0.340 e. The van der Waals surface area contributed by atoms with Gasteiger partial charge in [0.1, 0.15) is 23.7 Å². The summed E-state index contributed by atoms with van der Waals surface area (Å²) in [5, 5.41) is 3.04. The molecule has 6 heteroatoms. The summed E-state index contributed by atoms with van der Waals surface area (Å²) in [6, 6.07) is 7.56. The Balaban J connectivity index is 2.14. The van der Waals surface area contributed by atoms with Crippen LogP contribution < -0.4 is 5.32 Å². The number of hydrogen-bond donors (Lipinski definition) is 1. The molecule has 122 valence electrons. The molecule has 0 unspecified atom stereocenters. The second-order valence-corrected chi connectivity index (χ2v) is 5.21. The van der Waals surface area contributed by atoms with E-state index in [1.54, 1.807) is 23.1 Å². The Labute approximate surface area is 135 Å². The highest BCUT2D eigenvalue weighted by atomic mass is 19.1. The van der Waals surface area contributed by atoms with Crippen molar-refractivity contribution in [2.24, 2.45) is 0 Å². The third-order valence-electron chi connectivity index (χ3n) is 3.28. The van der Waals surface area contributed by atoms with E-state index in [0.717, 1.165) is 12.8 Å². The lowest BCUT2D eigenvalue weighted by Crippen LogP contribution is -2.33. The maximum atomic E-state index is 12.9. The average molecular weight is 316 g/mol. The van der Waals surface area contributed by atoms with Crippen molar-refractivity contribution in [1.29, 1.82) is 0 Å². The zero-order chi connectivity index (χ0) is 16.7. The van der Waals surface area contributed by atoms with Crippen molar-refractivity contribution in [2.75, 3.05) is 18.4 Å². The Kier molecular flexibility index (Phi) is 6.02. The highest BCUT2D eigenvalue weighted by molar-refractivity contribution is 5.93. The van der Waals surface area contributed by atoms with E-state index in [-0.39, 0.29) is 11.7 Å². The van der Waals surface area contributed by atoms with Gasteiger partial charge in [-0.3, -0.25) is 4.79 Å². The lowest BCUT2D eigenvalue weighted by Gasteiger charge is -2.21. The standard InChI is InChI=1S/C17H21FN4O/c1-3-9-22(10-4-2)17(23)15-11-16(20-12-19-15)21-14-7-5-13(18)6-8-14/h5-8,11-12H,3-4,9-10H2,1-2H3,(H,19,20,21). The Bertz CT molecular complexity index is 639. The van der Waals surface area contributed by atoms with Crippen LogP contribution in [0.25, 0.3) is 0 Å². The number of carbonyl (C=O) groups is 1. The van der Waals surface area contributed by atoms with Crippen LogP contribution in [0.1, 0.15) is 37.2 Å². The van der Waals surface area contributed by atoms with Gasteiger partial charge in [0, 0.05) is 24.8 Å². The summed E-state index contributed by atoms with van der Waals surface area (Å²) in [6.45, 7) is 5.49. The smallest absolute Gasteiger partial charge is 0.272 e. The first-order valence-corrected chi connectivity index (χ1v) is 7.78. The van der Waals surface area contributed by atoms with Gasteiger partial charge >= 0.3 is 0 Å². The van der Waals surface area contributed by atoms with Crippen LogP contribution in [0.15, 0.2) is 36.7 Å². The summed E-state index contributed by atoms with van der Waals surface area (Å²) >= 11 is 0. The molecular formula is C17H21FN4O. The Morgan fingerprint density at radius 1 is 1.13 bits per heavy atom. The molecule has 23 heavy (non-hydrogen) atoms. The second-order valence-electron chi connectivity index (χ2n) is 5.21. The lowest BCUT2D eigenvalue weighted by molar-refractivity contribution is 0.0749. The fourth-order valence-corrected chi connectivity index (χ4v) is 2.24. The first-order chi connectivity index (χ1) is 11.1. The van der Waals surface area contributed by atoms with Crippen LogP contribution in [0, 0.1) is 5.82 Å². The molecule has 1 aromatic carbocycles. The average Bonchev–Trinajstić information content (AvgIpc) is 2.56. The number of rotatable bonds is 7. The number of anilines is 2. The number of hydrogen-bond acceptors (Lipinski definition) is 4. The Hall–Kier alpha value is -2.50. The zero-order valence-electron chi connectivity index (χ0n) is 13.4. The molecule has 0 aliphatic rings. The SMILES string of the molecule is CCCN(CCC)C(=O)c1cc(Nc2ccc(F)cc2)ncn1. The van der Waals surface area contributed by atoms with Crippen LogP contribution in [0.4, 0.5) is 15.9 Å². The van der Waals surface area contributed by atoms with Gasteiger partial charge < -0.3 is 10.2 Å². The number of benzene rings is 1. The van der Waals surface area contributed by atoms with Crippen molar-refractivity contribution in [1.82, 2.24) is 14.9 Å². The predicted molar refractivity (Wildman–Crippen MR) is 88.2 cm³/mol. The van der Waals surface area contributed by atoms with Crippen molar-refractivity contribution in [3.05, 3.63) is 48.2 Å². The summed E-state index contributed by atoms with van der Waals surface area (Å²) in [4.78, 5) is 22.5. The molecule has 0 aliphatic carbocycles. The Morgan fingerprint density at radius 2 is 1.78 bits per heavy atom. The van der Waals surface area contributed by atoms with Gasteiger partial charge in [-0.25, -0.2) is 14.4 Å². The van der Waals surface area contributed by atoms with E-state index in [9.17, 15) is 9.18 Å². The van der Waals surface area contributed by atoms with Crippen LogP contribution in [-0.4, -0.2) is 33.9 Å². The van der Waals surface area contributed by atoms with Gasteiger partial charge in [-0.2, -0.15) is 0 Å². The molecule has 0 saturated heterocycles. The molecular weight excluding hydrogens is 295 g/mol. The van der Waals surface area contributed by atoms with Gasteiger partial charge in [0.15, 0.2) is 0 Å². The number of amides is 1. The van der Waals surface area contributed by atoms with Crippen molar-refractivity contribution in [2.45, 2.75) is 26.7 Å². The summed E-state index contributed by atoms with van der Waals surface area (Å²) in [6.07, 6.45) is 3.16. The predicted octanol–water partition coefficient (Wildman–Crippen LogP) is 3.62. The number of carbonyl (C=O) groups excluding carboxylic acids is 1. The molecule has 0 radical (unpaired) electrons. The van der Waals surface area contributed by atoms with Crippen molar-refractivity contribution in [3.63, 3.8) is 0 Å². The molecule has 2 rings (SSSR count). The van der Waals surface area contributed by atoms with Crippen molar-refractivity contribution in [3.8, 4) is 0 Å².